The van der Waals surface area contributed by atoms with Gasteiger partial charge in [0.1, 0.15) is 0 Å². The topological polar surface area (TPSA) is 6.48 Å². The predicted octanol–water partition coefficient (Wildman–Crippen LogP) is 1.97. The summed E-state index contributed by atoms with van der Waals surface area (Å²) in [5.74, 6) is 0. The van der Waals surface area contributed by atoms with Crippen LogP contribution in [0.2, 0.25) is 0 Å². The molecule has 71 valence electrons. The van der Waals surface area contributed by atoms with Crippen LogP contribution < -0.4 is 0 Å². The maximum atomic E-state index is 3.71. The van der Waals surface area contributed by atoms with Crippen LogP contribution in [0.3, 0.4) is 0 Å². The fourth-order valence-electron chi connectivity index (χ4n) is 1.11. The summed E-state index contributed by atoms with van der Waals surface area (Å²) in [6, 6.07) is 0. The van der Waals surface area contributed by atoms with Gasteiger partial charge in [-0.25, -0.2) is 0 Å². The molecule has 1 heterocycles. The maximum Gasteiger partial charge on any atom is 0.0935 e. The van der Waals surface area contributed by atoms with Crippen molar-refractivity contribution in [2.24, 2.45) is 0 Å². The van der Waals surface area contributed by atoms with Crippen LogP contribution in [0, 0.1) is 0 Å². The van der Waals surface area contributed by atoms with Gasteiger partial charge in [-0.1, -0.05) is 19.9 Å². The minimum Gasteiger partial charge on any atom is -0.358 e. The van der Waals surface area contributed by atoms with E-state index in [0.29, 0.717) is 0 Å². The van der Waals surface area contributed by atoms with Crippen molar-refractivity contribution >= 4 is 0 Å². The number of hydrogen-bond donors (Lipinski definition) is 0. The molecule has 1 radical (unpaired) electrons. The third-order valence-electron chi connectivity index (χ3n) is 1.85. The van der Waals surface area contributed by atoms with Gasteiger partial charge in [-0.3, -0.25) is 0 Å². The van der Waals surface area contributed by atoms with E-state index in [0.717, 1.165) is 13.2 Å². The summed E-state index contributed by atoms with van der Waals surface area (Å²) in [6.07, 6.45) is 8.57. The summed E-state index contributed by atoms with van der Waals surface area (Å²) in [4.78, 5) is 4.38. The third kappa shape index (κ3) is 3.32. The molecule has 3 heteroatoms. The first-order valence-corrected chi connectivity index (χ1v) is 4.17. The van der Waals surface area contributed by atoms with Gasteiger partial charge < -0.3 is 9.80 Å². The zero-order chi connectivity index (χ0) is 8.10. The van der Waals surface area contributed by atoms with Crippen molar-refractivity contribution in [1.82, 2.24) is 9.80 Å². The standard InChI is InChI=1S/C9H16N2.Co/c1-3-5-6-11-8-7-10(4-2)9-11;/h4,7-8H,2-3,5-6,9H2,1H3;. The minimum atomic E-state index is 0. The maximum absolute atomic E-state index is 3.71. The fraction of sp³-hybridized carbons (Fsp3) is 0.556. The molecule has 0 bridgehead atoms. The van der Waals surface area contributed by atoms with Crippen LogP contribution in [0.1, 0.15) is 19.8 Å². The minimum absolute atomic E-state index is 0. The van der Waals surface area contributed by atoms with E-state index in [2.05, 4.69) is 35.7 Å². The fourth-order valence-corrected chi connectivity index (χ4v) is 1.11. The molecule has 0 aromatic heterocycles. The van der Waals surface area contributed by atoms with E-state index in [4.69, 9.17) is 0 Å². The Morgan fingerprint density at radius 2 is 2.25 bits per heavy atom. The van der Waals surface area contributed by atoms with E-state index in [-0.39, 0.29) is 16.8 Å². The van der Waals surface area contributed by atoms with Crippen molar-refractivity contribution in [3.63, 3.8) is 0 Å². The van der Waals surface area contributed by atoms with E-state index >= 15 is 0 Å². The van der Waals surface area contributed by atoms with Crippen LogP contribution in [0.4, 0.5) is 0 Å². The molecule has 0 saturated heterocycles. The van der Waals surface area contributed by atoms with Gasteiger partial charge in [-0.15, -0.1) is 0 Å². The van der Waals surface area contributed by atoms with Gasteiger partial charge in [0.2, 0.25) is 0 Å². The largest absolute Gasteiger partial charge is 0.358 e. The Bertz CT molecular complexity index is 157. The van der Waals surface area contributed by atoms with Gasteiger partial charge >= 0.3 is 0 Å². The SMILES string of the molecule is C=CN1C=CN(CCCC)C1.[Co]. The molecule has 0 N–H and O–H groups in total. The second-order valence-electron chi connectivity index (χ2n) is 2.80. The molecule has 1 rings (SSSR count). The second-order valence-corrected chi connectivity index (χ2v) is 2.80. The van der Waals surface area contributed by atoms with Crippen molar-refractivity contribution in [2.75, 3.05) is 13.2 Å². The molecule has 0 atom stereocenters. The zero-order valence-corrected chi connectivity index (χ0v) is 8.54. The number of nitrogens with zero attached hydrogens (tertiary/aromatic N) is 2. The van der Waals surface area contributed by atoms with E-state index in [1.807, 2.05) is 6.20 Å². The van der Waals surface area contributed by atoms with Crippen LogP contribution in [-0.2, 0) is 16.8 Å². The summed E-state index contributed by atoms with van der Waals surface area (Å²) in [5, 5.41) is 0. The first-order valence-electron chi connectivity index (χ1n) is 4.17. The Hall–Kier alpha value is -0.414. The smallest absolute Gasteiger partial charge is 0.0935 e. The molecule has 12 heavy (non-hydrogen) atoms. The molecule has 0 aromatic carbocycles. The number of rotatable bonds is 4. The molecule has 0 unspecified atom stereocenters. The van der Waals surface area contributed by atoms with Crippen molar-refractivity contribution < 1.29 is 16.8 Å². The van der Waals surface area contributed by atoms with E-state index in [1.165, 1.54) is 12.8 Å². The average molecular weight is 211 g/mol. The van der Waals surface area contributed by atoms with Crippen LogP contribution >= 0.6 is 0 Å². The van der Waals surface area contributed by atoms with Gasteiger partial charge in [0.25, 0.3) is 0 Å². The number of hydrogen-bond acceptors (Lipinski definition) is 2. The normalized spacial score (nSPS) is 14.8. The molecule has 0 saturated carbocycles. The van der Waals surface area contributed by atoms with Crippen LogP contribution in [-0.4, -0.2) is 23.0 Å². The monoisotopic (exact) mass is 211 g/mol. The first-order chi connectivity index (χ1) is 5.36. The number of unbranched alkanes of at least 4 members (excludes halogenated alkanes) is 1. The summed E-state index contributed by atoms with van der Waals surface area (Å²) >= 11 is 0. The van der Waals surface area contributed by atoms with Gasteiger partial charge in [0.05, 0.1) is 6.67 Å². The van der Waals surface area contributed by atoms with Gasteiger partial charge in [0.15, 0.2) is 0 Å². The third-order valence-corrected chi connectivity index (χ3v) is 1.85. The second kappa shape index (κ2) is 6.14. The first kappa shape index (κ1) is 11.6. The van der Waals surface area contributed by atoms with E-state index < -0.39 is 0 Å². The molecule has 1 aliphatic heterocycles. The molecule has 0 amide bonds. The average Bonchev–Trinajstić information content (AvgIpc) is 2.48. The van der Waals surface area contributed by atoms with E-state index in [1.54, 1.807) is 0 Å². The Balaban J connectivity index is 0.00000121. The van der Waals surface area contributed by atoms with Gasteiger partial charge in [-0.2, -0.15) is 0 Å². The predicted molar refractivity (Wildman–Crippen MR) is 47.7 cm³/mol. The van der Waals surface area contributed by atoms with Crippen LogP contribution in [0.15, 0.2) is 25.2 Å². The molecule has 2 nitrogen and oxygen atoms in total. The summed E-state index contributed by atoms with van der Waals surface area (Å²) in [6.45, 7) is 8.06. The molecule has 0 spiro atoms. The molecular weight excluding hydrogens is 195 g/mol. The van der Waals surface area contributed by atoms with Crippen molar-refractivity contribution in [2.45, 2.75) is 19.8 Å². The summed E-state index contributed by atoms with van der Waals surface area (Å²) < 4.78 is 0. The van der Waals surface area contributed by atoms with E-state index in [9.17, 15) is 0 Å². The van der Waals surface area contributed by atoms with Gasteiger partial charge in [0, 0.05) is 35.7 Å². The quantitative estimate of drug-likeness (QED) is 0.701. The van der Waals surface area contributed by atoms with Crippen LogP contribution in [0.5, 0.6) is 0 Å². The summed E-state index contributed by atoms with van der Waals surface area (Å²) in [7, 11) is 0. The summed E-state index contributed by atoms with van der Waals surface area (Å²) in [5.41, 5.74) is 0. The molecule has 0 aliphatic carbocycles. The Morgan fingerprint density at radius 3 is 2.75 bits per heavy atom. The Morgan fingerprint density at radius 1 is 1.50 bits per heavy atom. The van der Waals surface area contributed by atoms with Crippen molar-refractivity contribution in [3.8, 4) is 0 Å². The van der Waals surface area contributed by atoms with Crippen LogP contribution in [0.25, 0.3) is 0 Å². The molecule has 0 fully saturated rings. The Labute approximate surface area is 85.1 Å². The van der Waals surface area contributed by atoms with Crippen molar-refractivity contribution in [3.05, 3.63) is 25.2 Å². The van der Waals surface area contributed by atoms with Crippen molar-refractivity contribution in [1.29, 1.82) is 0 Å². The molecule has 1 aliphatic rings. The van der Waals surface area contributed by atoms with Gasteiger partial charge in [-0.05, 0) is 12.6 Å². The molecule has 0 aromatic rings. The zero-order valence-electron chi connectivity index (χ0n) is 7.50. The Kier molecular flexibility index (Phi) is 5.93. The molecular formula is C9H16CoN2.